The molecular weight excluding hydrogens is 676 g/mol. The van der Waals surface area contributed by atoms with Crippen LogP contribution >= 0.6 is 0 Å². The number of rotatable bonds is 8. The molecule has 14 nitrogen and oxygen atoms in total. The number of H-pyrrole nitrogens is 2. The van der Waals surface area contributed by atoms with Crippen molar-refractivity contribution in [2.24, 2.45) is 11.8 Å². The number of fused-ring (bicyclic) bond motifs is 2. The minimum atomic E-state index is -1.22. The Labute approximate surface area is 307 Å². The Kier molecular flexibility index (Phi) is 10.9. The smallest absolute Gasteiger partial charge is 0.407 e. The molecule has 4 heterocycles. The summed E-state index contributed by atoms with van der Waals surface area (Å²) < 4.78 is 4.74. The van der Waals surface area contributed by atoms with E-state index in [-0.39, 0.29) is 35.7 Å². The summed E-state index contributed by atoms with van der Waals surface area (Å²) in [7, 11) is 1.28. The zero-order chi connectivity index (χ0) is 37.8. The number of nitrogens with zero attached hydrogens (tertiary/aromatic N) is 4. The Hall–Kier alpha value is -6.02. The summed E-state index contributed by atoms with van der Waals surface area (Å²) in [5.41, 5.74) is 4.59. The second kappa shape index (κ2) is 15.7. The number of hydrogen-bond donors (Lipinski definition) is 5. The fraction of sp³-hybridized carbons (Fsp3) is 0.436. The molecule has 4 aromatic rings. The average Bonchev–Trinajstić information content (AvgIpc) is 3.95. The number of carboxylic acid groups (broad SMARTS) is 1. The van der Waals surface area contributed by atoms with Gasteiger partial charge in [0.15, 0.2) is 0 Å². The van der Waals surface area contributed by atoms with Gasteiger partial charge in [0.1, 0.15) is 23.7 Å². The van der Waals surface area contributed by atoms with E-state index in [4.69, 9.17) is 14.7 Å². The van der Waals surface area contributed by atoms with Gasteiger partial charge < -0.3 is 40.2 Å². The number of amides is 4. The molecule has 2 saturated heterocycles. The molecule has 0 spiro atoms. The van der Waals surface area contributed by atoms with Crippen LogP contribution in [0.3, 0.4) is 0 Å². The van der Waals surface area contributed by atoms with Gasteiger partial charge in [0.05, 0.1) is 41.3 Å². The summed E-state index contributed by atoms with van der Waals surface area (Å²) in [6.45, 7) is 8.52. The molecule has 2 aromatic carbocycles. The van der Waals surface area contributed by atoms with E-state index < -0.39 is 24.3 Å². The number of likely N-dealkylation sites (tertiary alicyclic amines) is 2. The van der Waals surface area contributed by atoms with E-state index in [1.165, 1.54) is 7.11 Å². The number of methoxy groups -OCH3 is 1. The van der Waals surface area contributed by atoms with E-state index in [1.54, 1.807) is 9.80 Å². The van der Waals surface area contributed by atoms with Crippen molar-refractivity contribution in [3.8, 4) is 23.7 Å². The standard InChI is InChI=1S/C39H44N8O6/c1-22(2)32(44-38(50)51)36(48)46-18-8-12-30(46)34-40-26-16-14-24(20-28(26)42-34)10-6-7-11-25-15-17-27-29(21-25)43-35(41-27)31-13-9-19-47(31)37(49)33(23(3)4)45-39(52)53-5/h14-17,20-23,30-33,44H,8-9,12-13,18-19H2,1-5H3,(H,40,42)(H,41,43)(H,45,52)(H,50,51)/t30-,31-,32-,33-/m0/s1. The van der Waals surface area contributed by atoms with Crippen LogP contribution in [0.5, 0.6) is 0 Å². The van der Waals surface area contributed by atoms with Crippen LogP contribution in [0.25, 0.3) is 22.1 Å². The molecule has 0 saturated carbocycles. The van der Waals surface area contributed by atoms with Gasteiger partial charge in [-0.05, 0) is 85.8 Å². The number of carbonyl (C=O) groups is 4. The van der Waals surface area contributed by atoms with Crippen LogP contribution in [0.1, 0.15) is 88.2 Å². The van der Waals surface area contributed by atoms with Crippen LogP contribution in [-0.2, 0) is 14.3 Å². The minimum absolute atomic E-state index is 0.120. The normalized spacial score (nSPS) is 18.0. The van der Waals surface area contributed by atoms with E-state index in [9.17, 15) is 24.3 Å². The van der Waals surface area contributed by atoms with E-state index >= 15 is 0 Å². The van der Waals surface area contributed by atoms with Crippen molar-refractivity contribution in [3.05, 3.63) is 59.2 Å². The molecule has 2 fully saturated rings. The maximum absolute atomic E-state index is 13.5. The molecule has 5 N–H and O–H groups in total. The van der Waals surface area contributed by atoms with Crippen molar-refractivity contribution in [2.45, 2.75) is 77.5 Å². The molecule has 53 heavy (non-hydrogen) atoms. The predicted octanol–water partition coefficient (Wildman–Crippen LogP) is 4.84. The molecule has 0 unspecified atom stereocenters. The first kappa shape index (κ1) is 36.8. The van der Waals surface area contributed by atoms with Gasteiger partial charge in [0.25, 0.3) is 0 Å². The average molecular weight is 721 g/mol. The molecule has 2 aliphatic heterocycles. The van der Waals surface area contributed by atoms with Crippen LogP contribution < -0.4 is 10.6 Å². The van der Waals surface area contributed by atoms with Crippen molar-refractivity contribution in [3.63, 3.8) is 0 Å². The molecule has 4 atom stereocenters. The molecule has 0 aliphatic carbocycles. The molecule has 6 rings (SSSR count). The van der Waals surface area contributed by atoms with E-state index in [1.807, 2.05) is 64.1 Å². The summed E-state index contributed by atoms with van der Waals surface area (Å²) >= 11 is 0. The molecule has 276 valence electrons. The van der Waals surface area contributed by atoms with Gasteiger partial charge in [-0.15, -0.1) is 0 Å². The number of benzene rings is 2. The lowest BCUT2D eigenvalue weighted by atomic mass is 10.0. The monoisotopic (exact) mass is 720 g/mol. The van der Waals surface area contributed by atoms with Gasteiger partial charge in [0, 0.05) is 24.2 Å². The molecule has 0 bridgehead atoms. The summed E-state index contributed by atoms with van der Waals surface area (Å²) in [6, 6.07) is 9.27. The lowest BCUT2D eigenvalue weighted by Crippen LogP contribution is -2.51. The number of ether oxygens (including phenoxy) is 1. The molecule has 2 aliphatic rings. The highest BCUT2D eigenvalue weighted by atomic mass is 16.5. The topological polar surface area (TPSA) is 186 Å². The second-order valence-corrected chi connectivity index (χ2v) is 14.1. The first-order valence-corrected chi connectivity index (χ1v) is 17.9. The molecule has 14 heteroatoms. The first-order chi connectivity index (χ1) is 25.4. The summed E-state index contributed by atoms with van der Waals surface area (Å²) in [5.74, 6) is 12.7. The molecule has 4 amide bonds. The van der Waals surface area contributed by atoms with E-state index in [0.29, 0.717) is 24.7 Å². The van der Waals surface area contributed by atoms with Crippen molar-refractivity contribution in [2.75, 3.05) is 20.2 Å². The maximum Gasteiger partial charge on any atom is 0.407 e. The Morgan fingerprint density at radius 3 is 1.64 bits per heavy atom. The second-order valence-electron chi connectivity index (χ2n) is 14.1. The highest BCUT2D eigenvalue weighted by Gasteiger charge is 2.39. The Balaban J connectivity index is 1.14. The first-order valence-electron chi connectivity index (χ1n) is 17.9. The third kappa shape index (κ3) is 8.07. The van der Waals surface area contributed by atoms with E-state index in [0.717, 1.165) is 58.9 Å². The van der Waals surface area contributed by atoms with Crippen molar-refractivity contribution >= 4 is 46.1 Å². The molecule has 0 radical (unpaired) electrons. The SMILES string of the molecule is COC(=O)N[C@H](C(=O)N1CCC[C@H]1c1nc2ccc(C#CC#Cc3ccc4nc([C@@H]5CCCN5C(=O)[C@@H](NC(=O)O)C(C)C)[nH]c4c3)cc2[nH]1)C(C)C. The fourth-order valence-corrected chi connectivity index (χ4v) is 7.07. The quantitative estimate of drug-likeness (QED) is 0.160. The van der Waals surface area contributed by atoms with Crippen molar-refractivity contribution < 1.29 is 29.0 Å². The number of alkyl carbamates (subject to hydrolysis) is 1. The third-order valence-corrected chi connectivity index (χ3v) is 9.78. The van der Waals surface area contributed by atoms with Crippen LogP contribution in [0.15, 0.2) is 36.4 Å². The van der Waals surface area contributed by atoms with Gasteiger partial charge in [-0.2, -0.15) is 0 Å². The van der Waals surface area contributed by atoms with Gasteiger partial charge in [-0.3, -0.25) is 9.59 Å². The summed E-state index contributed by atoms with van der Waals surface area (Å²) in [5, 5.41) is 14.3. The largest absolute Gasteiger partial charge is 0.465 e. The Morgan fingerprint density at radius 1 is 0.774 bits per heavy atom. The van der Waals surface area contributed by atoms with E-state index in [2.05, 4.69) is 44.3 Å². The van der Waals surface area contributed by atoms with Gasteiger partial charge in [0.2, 0.25) is 11.8 Å². The van der Waals surface area contributed by atoms with Crippen LogP contribution in [0.4, 0.5) is 9.59 Å². The number of carbonyl (C=O) groups excluding carboxylic acids is 3. The predicted molar refractivity (Wildman–Crippen MR) is 197 cm³/mol. The molecular formula is C39H44N8O6. The minimum Gasteiger partial charge on any atom is -0.465 e. The Bertz CT molecular complexity index is 2170. The molecule has 2 aromatic heterocycles. The highest BCUT2D eigenvalue weighted by Crippen LogP contribution is 2.34. The fourth-order valence-electron chi connectivity index (χ4n) is 7.07. The number of aromatic nitrogens is 4. The number of imidazole rings is 2. The van der Waals surface area contributed by atoms with Crippen LogP contribution in [-0.4, -0.2) is 91.1 Å². The van der Waals surface area contributed by atoms with Crippen LogP contribution in [0, 0.1) is 35.5 Å². The van der Waals surface area contributed by atoms with Gasteiger partial charge in [-0.1, -0.05) is 39.5 Å². The zero-order valence-corrected chi connectivity index (χ0v) is 30.4. The van der Waals surface area contributed by atoms with Crippen molar-refractivity contribution in [1.29, 1.82) is 0 Å². The third-order valence-electron chi connectivity index (χ3n) is 9.78. The lowest BCUT2D eigenvalue weighted by Gasteiger charge is -2.29. The number of aromatic amines is 2. The summed E-state index contributed by atoms with van der Waals surface area (Å²) in [6.07, 6.45) is 1.25. The number of hydrogen-bond acceptors (Lipinski definition) is 7. The maximum atomic E-state index is 13.5. The van der Waals surface area contributed by atoms with Gasteiger partial charge in [-0.25, -0.2) is 19.6 Å². The Morgan fingerprint density at radius 2 is 1.23 bits per heavy atom. The number of nitrogens with one attached hydrogen (secondary N) is 4. The lowest BCUT2D eigenvalue weighted by molar-refractivity contribution is -0.136. The highest BCUT2D eigenvalue weighted by molar-refractivity contribution is 5.87. The summed E-state index contributed by atoms with van der Waals surface area (Å²) in [4.78, 5) is 69.9. The van der Waals surface area contributed by atoms with Gasteiger partial charge >= 0.3 is 12.2 Å². The zero-order valence-electron chi connectivity index (χ0n) is 30.4. The van der Waals surface area contributed by atoms with Crippen molar-refractivity contribution in [1.82, 2.24) is 40.4 Å². The van der Waals surface area contributed by atoms with Crippen LogP contribution in [0.2, 0.25) is 0 Å².